The lowest BCUT2D eigenvalue weighted by atomic mass is 10.1. The normalized spacial score (nSPS) is 15.4. The summed E-state index contributed by atoms with van der Waals surface area (Å²) in [5.74, 6) is 6.21. The van der Waals surface area contributed by atoms with Gasteiger partial charge in [0.1, 0.15) is 0 Å². The number of carbonyl (C=O) groups excluding carboxylic acids is 1. The molecule has 1 amide bonds. The topological polar surface area (TPSA) is 67.6 Å². The number of hydrogen-bond acceptors (Lipinski definition) is 4. The van der Waals surface area contributed by atoms with E-state index in [1.54, 1.807) is 12.1 Å². The first-order valence-corrected chi connectivity index (χ1v) is 9.65. The number of rotatable bonds is 5. The third-order valence-corrected chi connectivity index (χ3v) is 4.55. The van der Waals surface area contributed by atoms with Gasteiger partial charge in [0.15, 0.2) is 0 Å². The fourth-order valence-corrected chi connectivity index (χ4v) is 2.92. The molecule has 0 aliphatic carbocycles. The Bertz CT molecular complexity index is 827. The van der Waals surface area contributed by atoms with E-state index in [-0.39, 0.29) is 11.9 Å². The fourth-order valence-electron chi connectivity index (χ4n) is 2.92. The van der Waals surface area contributed by atoms with Crippen molar-refractivity contribution < 1.29 is 9.53 Å². The Hall–Kier alpha value is -2.65. The molecule has 0 saturated carbocycles. The van der Waals surface area contributed by atoms with Crippen molar-refractivity contribution in [1.29, 1.82) is 0 Å². The SMILES string of the molecule is CC(N)CNC(=O)c1ccc(C#Cc2ccc(CN3CCOCC3)cc2)cc1. The zero-order chi connectivity index (χ0) is 19.8. The van der Waals surface area contributed by atoms with Gasteiger partial charge in [-0.3, -0.25) is 9.69 Å². The van der Waals surface area contributed by atoms with Gasteiger partial charge in [-0.15, -0.1) is 0 Å². The van der Waals surface area contributed by atoms with Gasteiger partial charge in [-0.25, -0.2) is 0 Å². The lowest BCUT2D eigenvalue weighted by Gasteiger charge is -2.26. The Morgan fingerprint density at radius 2 is 1.64 bits per heavy atom. The summed E-state index contributed by atoms with van der Waals surface area (Å²) in [6, 6.07) is 15.6. The van der Waals surface area contributed by atoms with Gasteiger partial charge in [0.05, 0.1) is 13.2 Å². The van der Waals surface area contributed by atoms with Gasteiger partial charge in [-0.2, -0.15) is 0 Å². The van der Waals surface area contributed by atoms with E-state index in [9.17, 15) is 4.79 Å². The second-order valence-electron chi connectivity index (χ2n) is 7.10. The van der Waals surface area contributed by atoms with Crippen molar-refractivity contribution in [1.82, 2.24) is 10.2 Å². The highest BCUT2D eigenvalue weighted by Gasteiger charge is 2.10. The molecule has 3 rings (SSSR count). The summed E-state index contributed by atoms with van der Waals surface area (Å²) < 4.78 is 5.39. The van der Waals surface area contributed by atoms with Crippen molar-refractivity contribution >= 4 is 5.91 Å². The molecule has 0 bridgehead atoms. The summed E-state index contributed by atoms with van der Waals surface area (Å²) in [7, 11) is 0. The Labute approximate surface area is 166 Å². The van der Waals surface area contributed by atoms with Crippen LogP contribution in [0.3, 0.4) is 0 Å². The molecule has 1 fully saturated rings. The van der Waals surface area contributed by atoms with Gasteiger partial charge in [-0.1, -0.05) is 24.0 Å². The number of nitrogens with two attached hydrogens (primary N) is 1. The Morgan fingerprint density at radius 1 is 1.07 bits per heavy atom. The minimum atomic E-state index is -0.118. The summed E-state index contributed by atoms with van der Waals surface area (Å²) in [5, 5.41) is 2.80. The van der Waals surface area contributed by atoms with Crippen molar-refractivity contribution in [3.05, 3.63) is 70.8 Å². The summed E-state index contributed by atoms with van der Waals surface area (Å²) in [6.45, 7) is 6.87. The van der Waals surface area contributed by atoms with E-state index in [4.69, 9.17) is 10.5 Å². The Balaban J connectivity index is 1.56. The second-order valence-corrected chi connectivity index (χ2v) is 7.10. The van der Waals surface area contributed by atoms with Crippen LogP contribution in [0.15, 0.2) is 48.5 Å². The maximum absolute atomic E-state index is 12.0. The first-order valence-electron chi connectivity index (χ1n) is 9.65. The van der Waals surface area contributed by atoms with Crippen molar-refractivity contribution in [2.45, 2.75) is 19.5 Å². The van der Waals surface area contributed by atoms with Crippen LogP contribution in [0.2, 0.25) is 0 Å². The maximum atomic E-state index is 12.0. The number of ether oxygens (including phenoxy) is 1. The van der Waals surface area contributed by atoms with Crippen LogP contribution in [-0.2, 0) is 11.3 Å². The molecule has 1 atom stereocenters. The zero-order valence-electron chi connectivity index (χ0n) is 16.3. The van der Waals surface area contributed by atoms with E-state index in [1.165, 1.54) is 5.56 Å². The molecule has 1 aliphatic heterocycles. The van der Waals surface area contributed by atoms with Gasteiger partial charge in [-0.05, 0) is 48.9 Å². The predicted octanol–water partition coefficient (Wildman–Crippen LogP) is 2.00. The molecule has 2 aromatic carbocycles. The molecule has 0 aromatic heterocycles. The highest BCUT2D eigenvalue weighted by Crippen LogP contribution is 2.09. The summed E-state index contributed by atoms with van der Waals surface area (Å²) in [4.78, 5) is 14.4. The van der Waals surface area contributed by atoms with E-state index in [0.29, 0.717) is 12.1 Å². The summed E-state index contributed by atoms with van der Waals surface area (Å²) in [6.07, 6.45) is 0. The molecule has 1 heterocycles. The van der Waals surface area contributed by atoms with Gasteiger partial charge in [0.25, 0.3) is 5.91 Å². The largest absolute Gasteiger partial charge is 0.379 e. The standard InChI is InChI=1S/C23H27N3O2/c1-18(24)16-25-23(27)22-10-8-20(9-11-22)3-2-19-4-6-21(7-5-19)17-26-12-14-28-15-13-26/h4-11,18H,12-17,24H2,1H3,(H,25,27). The highest BCUT2D eigenvalue weighted by atomic mass is 16.5. The second kappa shape index (κ2) is 10.0. The zero-order valence-corrected chi connectivity index (χ0v) is 16.3. The molecule has 3 N–H and O–H groups in total. The van der Waals surface area contributed by atoms with Crippen LogP contribution in [0.5, 0.6) is 0 Å². The van der Waals surface area contributed by atoms with Crippen LogP contribution >= 0.6 is 0 Å². The van der Waals surface area contributed by atoms with Crippen LogP contribution in [-0.4, -0.2) is 49.7 Å². The molecule has 146 valence electrons. The van der Waals surface area contributed by atoms with Crippen LogP contribution in [0.4, 0.5) is 0 Å². The summed E-state index contributed by atoms with van der Waals surface area (Å²) >= 11 is 0. The van der Waals surface area contributed by atoms with Gasteiger partial charge in [0, 0.05) is 48.9 Å². The molecule has 5 nitrogen and oxygen atoms in total. The molecular formula is C23H27N3O2. The Morgan fingerprint density at radius 3 is 2.21 bits per heavy atom. The maximum Gasteiger partial charge on any atom is 0.251 e. The van der Waals surface area contributed by atoms with Crippen LogP contribution in [0.25, 0.3) is 0 Å². The van der Waals surface area contributed by atoms with E-state index in [0.717, 1.165) is 44.0 Å². The van der Waals surface area contributed by atoms with E-state index >= 15 is 0 Å². The average molecular weight is 377 g/mol. The van der Waals surface area contributed by atoms with Crippen molar-refractivity contribution in [3.63, 3.8) is 0 Å². The van der Waals surface area contributed by atoms with Crippen molar-refractivity contribution in [2.75, 3.05) is 32.8 Å². The van der Waals surface area contributed by atoms with Crippen molar-refractivity contribution in [3.8, 4) is 11.8 Å². The highest BCUT2D eigenvalue weighted by molar-refractivity contribution is 5.94. The monoisotopic (exact) mass is 377 g/mol. The first kappa shape index (κ1) is 20.1. The molecule has 1 saturated heterocycles. The molecule has 28 heavy (non-hydrogen) atoms. The minimum absolute atomic E-state index is 0.0608. The number of carbonyl (C=O) groups is 1. The third-order valence-electron chi connectivity index (χ3n) is 4.55. The van der Waals surface area contributed by atoms with Gasteiger partial charge >= 0.3 is 0 Å². The summed E-state index contributed by atoms with van der Waals surface area (Å²) in [5.41, 5.74) is 9.40. The molecule has 2 aromatic rings. The van der Waals surface area contributed by atoms with Gasteiger partial charge < -0.3 is 15.8 Å². The number of amides is 1. The molecule has 1 aliphatic rings. The quantitative estimate of drug-likeness (QED) is 0.782. The minimum Gasteiger partial charge on any atom is -0.379 e. The van der Waals surface area contributed by atoms with E-state index in [2.05, 4.69) is 46.3 Å². The van der Waals surface area contributed by atoms with Crippen molar-refractivity contribution in [2.24, 2.45) is 5.73 Å². The lowest BCUT2D eigenvalue weighted by Crippen LogP contribution is -2.35. The molecule has 5 heteroatoms. The molecule has 1 unspecified atom stereocenters. The van der Waals surface area contributed by atoms with Crippen LogP contribution < -0.4 is 11.1 Å². The third kappa shape index (κ3) is 6.21. The first-order chi connectivity index (χ1) is 13.6. The Kier molecular flexibility index (Phi) is 7.21. The van der Waals surface area contributed by atoms with Crippen LogP contribution in [0.1, 0.15) is 34.0 Å². The van der Waals surface area contributed by atoms with E-state index < -0.39 is 0 Å². The van der Waals surface area contributed by atoms with Gasteiger partial charge in [0.2, 0.25) is 0 Å². The van der Waals surface area contributed by atoms with Crippen LogP contribution in [0, 0.1) is 11.8 Å². The fraction of sp³-hybridized carbons (Fsp3) is 0.348. The lowest BCUT2D eigenvalue weighted by molar-refractivity contribution is 0.0342. The smallest absolute Gasteiger partial charge is 0.251 e. The molecule has 0 spiro atoms. The number of benzene rings is 2. The molecular weight excluding hydrogens is 350 g/mol. The number of morpholine rings is 1. The van der Waals surface area contributed by atoms with E-state index in [1.807, 2.05) is 19.1 Å². The number of nitrogens with one attached hydrogen (secondary N) is 1. The number of nitrogens with zero attached hydrogens (tertiary/aromatic N) is 1. The average Bonchev–Trinajstić information content (AvgIpc) is 2.72. The molecule has 0 radical (unpaired) electrons. The predicted molar refractivity (Wildman–Crippen MR) is 111 cm³/mol. The number of hydrogen-bond donors (Lipinski definition) is 2.